The highest BCUT2D eigenvalue weighted by molar-refractivity contribution is 6.30. The number of nitrogens with zero attached hydrogens (tertiary/aromatic N) is 1. The molecule has 2 aromatic carbocycles. The second-order valence-corrected chi connectivity index (χ2v) is 7.46. The van der Waals surface area contributed by atoms with Crippen molar-refractivity contribution in [3.05, 3.63) is 64.7 Å². The molecule has 3 nitrogen and oxygen atoms in total. The third-order valence-corrected chi connectivity index (χ3v) is 5.13. The summed E-state index contributed by atoms with van der Waals surface area (Å²) in [5.41, 5.74) is -0.727. The van der Waals surface area contributed by atoms with Crippen LogP contribution in [0.1, 0.15) is 18.1 Å². The van der Waals surface area contributed by atoms with Crippen molar-refractivity contribution in [2.24, 2.45) is 5.41 Å². The summed E-state index contributed by atoms with van der Waals surface area (Å²) < 4.78 is 41.1. The fourth-order valence-corrected chi connectivity index (χ4v) is 3.95. The molecule has 140 valence electrons. The molecule has 0 radical (unpaired) electrons. The van der Waals surface area contributed by atoms with Crippen LogP contribution in [0.3, 0.4) is 0 Å². The maximum absolute atomic E-state index is 12.4. The number of ether oxygens (including phenoxy) is 1. The summed E-state index contributed by atoms with van der Waals surface area (Å²) in [6.07, 6.45) is -4.75. The maximum atomic E-state index is 12.4. The van der Waals surface area contributed by atoms with Gasteiger partial charge in [-0.25, -0.2) is 0 Å². The van der Waals surface area contributed by atoms with Gasteiger partial charge >= 0.3 is 6.36 Å². The van der Waals surface area contributed by atoms with Crippen molar-refractivity contribution in [1.29, 1.82) is 0 Å². The maximum Gasteiger partial charge on any atom is 0.573 e. The summed E-state index contributed by atoms with van der Waals surface area (Å²) in [5.74, 6) is -0.324. The Morgan fingerprint density at radius 3 is 1.88 bits per heavy atom. The van der Waals surface area contributed by atoms with Crippen molar-refractivity contribution in [3.63, 3.8) is 0 Å². The predicted octanol–water partition coefficient (Wildman–Crippen LogP) is 4.43. The fraction of sp³-hybridized carbons (Fsp3) is 0.368. The van der Waals surface area contributed by atoms with Crippen molar-refractivity contribution in [3.8, 4) is 5.75 Å². The van der Waals surface area contributed by atoms with Gasteiger partial charge in [-0.15, -0.1) is 13.2 Å². The monoisotopic (exact) mass is 385 g/mol. The minimum atomic E-state index is -4.75. The highest BCUT2D eigenvalue weighted by atomic mass is 35.5. The van der Waals surface area contributed by atoms with E-state index in [9.17, 15) is 18.3 Å². The molecule has 1 saturated heterocycles. The van der Waals surface area contributed by atoms with Crippen molar-refractivity contribution >= 4 is 11.6 Å². The Morgan fingerprint density at radius 1 is 1.00 bits per heavy atom. The Kier molecular flexibility index (Phi) is 4.71. The number of hydrogen-bond acceptors (Lipinski definition) is 3. The first-order valence-corrected chi connectivity index (χ1v) is 8.45. The molecule has 2 aromatic rings. The van der Waals surface area contributed by atoms with Gasteiger partial charge in [0.15, 0.2) is 0 Å². The Hall–Kier alpha value is -1.76. The van der Waals surface area contributed by atoms with Gasteiger partial charge in [-0.3, -0.25) is 0 Å². The summed E-state index contributed by atoms with van der Waals surface area (Å²) >= 11 is 5.96. The van der Waals surface area contributed by atoms with Gasteiger partial charge in [0.1, 0.15) is 11.4 Å². The zero-order valence-corrected chi connectivity index (χ0v) is 15.1. The first-order valence-electron chi connectivity index (χ1n) is 8.07. The number of halogens is 4. The van der Waals surface area contributed by atoms with Crippen LogP contribution in [0.5, 0.6) is 5.75 Å². The Labute approximate surface area is 155 Å². The lowest BCUT2D eigenvalue weighted by atomic mass is 9.62. The number of benzene rings is 2. The Balaban J connectivity index is 2.03. The van der Waals surface area contributed by atoms with Gasteiger partial charge in [0, 0.05) is 23.5 Å². The molecule has 1 fully saturated rings. The summed E-state index contributed by atoms with van der Waals surface area (Å²) in [6, 6.07) is 12.2. The molecule has 0 bridgehead atoms. The van der Waals surface area contributed by atoms with E-state index in [1.165, 1.54) is 24.3 Å². The van der Waals surface area contributed by atoms with Crippen molar-refractivity contribution in [2.45, 2.75) is 18.9 Å². The molecule has 26 heavy (non-hydrogen) atoms. The van der Waals surface area contributed by atoms with Crippen molar-refractivity contribution in [2.75, 3.05) is 20.1 Å². The van der Waals surface area contributed by atoms with E-state index in [4.69, 9.17) is 11.6 Å². The van der Waals surface area contributed by atoms with Gasteiger partial charge < -0.3 is 14.7 Å². The number of hydrogen-bond donors (Lipinski definition) is 1. The standard InChI is InChI=1S/C19H19ClF3NO2/c1-17(11-24(2)12-17)18(25,13-3-7-15(20)8-4-13)14-5-9-16(10-6-14)26-19(21,22)23/h3-10,25H,11-12H2,1-2H3/t18-/m0/s1. The van der Waals surface area contributed by atoms with Crippen LogP contribution in [0.4, 0.5) is 13.2 Å². The van der Waals surface area contributed by atoms with E-state index in [1.54, 1.807) is 24.3 Å². The predicted molar refractivity (Wildman–Crippen MR) is 93.2 cm³/mol. The molecular weight excluding hydrogens is 367 g/mol. The van der Waals surface area contributed by atoms with Crippen LogP contribution in [0.2, 0.25) is 5.02 Å². The summed E-state index contributed by atoms with van der Waals surface area (Å²) in [6.45, 7) is 3.25. The molecule has 1 aliphatic heterocycles. The van der Waals surface area contributed by atoms with Crippen LogP contribution in [0.15, 0.2) is 48.5 Å². The number of rotatable bonds is 4. The quantitative estimate of drug-likeness (QED) is 0.845. The molecule has 0 amide bonds. The average Bonchev–Trinajstić information content (AvgIpc) is 2.52. The smallest absolute Gasteiger partial charge is 0.406 e. The molecule has 7 heteroatoms. The summed E-state index contributed by atoms with van der Waals surface area (Å²) in [4.78, 5) is 2.07. The molecular formula is C19H19ClF3NO2. The first-order chi connectivity index (χ1) is 12.0. The van der Waals surface area contributed by atoms with E-state index < -0.39 is 17.4 Å². The molecule has 1 heterocycles. The number of likely N-dealkylation sites (tertiary alicyclic amines) is 1. The van der Waals surface area contributed by atoms with Crippen molar-refractivity contribution < 1.29 is 23.0 Å². The highest BCUT2D eigenvalue weighted by Crippen LogP contribution is 2.50. The average molecular weight is 386 g/mol. The zero-order chi connectivity index (χ0) is 19.2. The van der Waals surface area contributed by atoms with E-state index >= 15 is 0 Å². The zero-order valence-electron chi connectivity index (χ0n) is 14.3. The van der Waals surface area contributed by atoms with E-state index in [-0.39, 0.29) is 5.75 Å². The van der Waals surface area contributed by atoms with Gasteiger partial charge in [-0.2, -0.15) is 0 Å². The van der Waals surface area contributed by atoms with Crippen LogP contribution in [0, 0.1) is 5.41 Å². The van der Waals surface area contributed by atoms with Crippen LogP contribution in [-0.2, 0) is 5.60 Å². The minimum Gasteiger partial charge on any atom is -0.406 e. The Morgan fingerprint density at radius 2 is 1.46 bits per heavy atom. The number of alkyl halides is 3. The van der Waals surface area contributed by atoms with Crippen LogP contribution < -0.4 is 4.74 Å². The van der Waals surface area contributed by atoms with Gasteiger partial charge in [0.2, 0.25) is 0 Å². The molecule has 0 spiro atoms. The second-order valence-electron chi connectivity index (χ2n) is 7.02. The molecule has 0 aliphatic carbocycles. The molecule has 3 rings (SSSR count). The van der Waals surface area contributed by atoms with E-state index in [0.717, 1.165) is 0 Å². The lowest BCUT2D eigenvalue weighted by Crippen LogP contribution is -2.63. The lowest BCUT2D eigenvalue weighted by Gasteiger charge is -2.56. The normalized spacial score (nSPS) is 19.5. The van der Waals surface area contributed by atoms with E-state index in [2.05, 4.69) is 9.64 Å². The summed E-state index contributed by atoms with van der Waals surface area (Å²) in [5, 5.41) is 12.3. The van der Waals surface area contributed by atoms with Crippen molar-refractivity contribution in [1.82, 2.24) is 4.90 Å². The van der Waals surface area contributed by atoms with E-state index in [0.29, 0.717) is 29.2 Å². The third-order valence-electron chi connectivity index (χ3n) is 4.88. The third kappa shape index (κ3) is 3.41. The molecule has 1 N–H and O–H groups in total. The fourth-order valence-electron chi connectivity index (χ4n) is 3.83. The van der Waals surface area contributed by atoms with Crippen LogP contribution in [-0.4, -0.2) is 36.5 Å². The van der Waals surface area contributed by atoms with E-state index in [1.807, 2.05) is 14.0 Å². The molecule has 0 aromatic heterocycles. The topological polar surface area (TPSA) is 32.7 Å². The minimum absolute atomic E-state index is 0.324. The SMILES string of the molecule is CN1CC(C)([C@](O)(c2ccc(Cl)cc2)c2ccc(OC(F)(F)F)cc2)C1. The van der Waals surface area contributed by atoms with Gasteiger partial charge in [0.05, 0.1) is 0 Å². The molecule has 0 saturated carbocycles. The van der Waals surface area contributed by atoms with Crippen LogP contribution in [0.25, 0.3) is 0 Å². The summed E-state index contributed by atoms with van der Waals surface area (Å²) in [7, 11) is 1.95. The van der Waals surface area contributed by atoms with Crippen LogP contribution >= 0.6 is 11.6 Å². The first kappa shape index (κ1) is 19.0. The second kappa shape index (κ2) is 6.44. The molecule has 1 atom stereocenters. The Bertz CT molecular complexity index is 771. The molecule has 0 unspecified atom stereocenters. The largest absolute Gasteiger partial charge is 0.573 e. The highest BCUT2D eigenvalue weighted by Gasteiger charge is 2.55. The van der Waals surface area contributed by atoms with Gasteiger partial charge in [0.25, 0.3) is 0 Å². The lowest BCUT2D eigenvalue weighted by molar-refractivity contribution is -0.274. The van der Waals surface area contributed by atoms with Gasteiger partial charge in [-0.1, -0.05) is 42.8 Å². The van der Waals surface area contributed by atoms with Gasteiger partial charge in [-0.05, 0) is 42.4 Å². The number of aliphatic hydroxyl groups is 1. The molecule has 1 aliphatic rings.